The van der Waals surface area contributed by atoms with Crippen LogP contribution in [0.3, 0.4) is 0 Å². The first-order valence-corrected chi connectivity index (χ1v) is 5.82. The van der Waals surface area contributed by atoms with E-state index in [9.17, 15) is 4.79 Å². The van der Waals surface area contributed by atoms with Gasteiger partial charge in [0, 0.05) is 17.6 Å². The standard InChI is InChI=1S/C11H9BrClNO2/c1-5-3-7(12)10(13)9-8(16-6(2)15)4-14-11(5)9/h3-4,14H,1-2H3. The molecular formula is C11H9BrClNO2. The van der Waals surface area contributed by atoms with Gasteiger partial charge in [-0.25, -0.2) is 0 Å². The lowest BCUT2D eigenvalue weighted by Crippen LogP contribution is -2.00. The van der Waals surface area contributed by atoms with Crippen molar-refractivity contribution in [3.63, 3.8) is 0 Å². The number of nitrogens with one attached hydrogen (secondary N) is 1. The number of carbonyl (C=O) groups excluding carboxylic acids is 1. The van der Waals surface area contributed by atoms with Crippen molar-refractivity contribution < 1.29 is 9.53 Å². The highest BCUT2D eigenvalue weighted by atomic mass is 79.9. The minimum atomic E-state index is -0.366. The second kappa shape index (κ2) is 4.11. The van der Waals surface area contributed by atoms with E-state index < -0.39 is 0 Å². The fourth-order valence-corrected chi connectivity index (χ4v) is 2.40. The summed E-state index contributed by atoms with van der Waals surface area (Å²) in [5.41, 5.74) is 1.91. The van der Waals surface area contributed by atoms with Crippen molar-refractivity contribution >= 4 is 44.4 Å². The van der Waals surface area contributed by atoms with Crippen LogP contribution in [-0.2, 0) is 4.79 Å². The largest absolute Gasteiger partial charge is 0.424 e. The number of carbonyl (C=O) groups is 1. The van der Waals surface area contributed by atoms with E-state index in [4.69, 9.17) is 16.3 Å². The van der Waals surface area contributed by atoms with E-state index in [1.807, 2.05) is 13.0 Å². The van der Waals surface area contributed by atoms with Crippen LogP contribution in [0.2, 0.25) is 5.02 Å². The number of H-pyrrole nitrogens is 1. The zero-order valence-electron chi connectivity index (χ0n) is 8.73. The van der Waals surface area contributed by atoms with E-state index in [-0.39, 0.29) is 5.97 Å². The van der Waals surface area contributed by atoms with Gasteiger partial charge < -0.3 is 9.72 Å². The molecule has 0 aliphatic heterocycles. The fourth-order valence-electron chi connectivity index (χ4n) is 1.61. The molecule has 84 valence electrons. The Morgan fingerprint density at radius 2 is 2.25 bits per heavy atom. The number of hydrogen-bond acceptors (Lipinski definition) is 2. The Balaban J connectivity index is 2.74. The van der Waals surface area contributed by atoms with Gasteiger partial charge in [0.1, 0.15) is 0 Å². The number of aromatic nitrogens is 1. The molecule has 0 spiro atoms. The van der Waals surface area contributed by atoms with Crippen LogP contribution >= 0.6 is 27.5 Å². The summed E-state index contributed by atoms with van der Waals surface area (Å²) in [6.07, 6.45) is 1.64. The molecule has 0 aliphatic rings. The summed E-state index contributed by atoms with van der Waals surface area (Å²) >= 11 is 9.54. The lowest BCUT2D eigenvalue weighted by Gasteiger charge is -2.04. The summed E-state index contributed by atoms with van der Waals surface area (Å²) in [5.74, 6) is 0.0893. The first kappa shape index (κ1) is 11.5. The second-order valence-corrected chi connectivity index (χ2v) is 4.72. The second-order valence-electron chi connectivity index (χ2n) is 3.49. The van der Waals surface area contributed by atoms with Crippen molar-refractivity contribution in [2.45, 2.75) is 13.8 Å². The van der Waals surface area contributed by atoms with Crippen molar-refractivity contribution in [1.82, 2.24) is 4.98 Å². The molecule has 1 heterocycles. The molecule has 1 N–H and O–H groups in total. The molecule has 0 unspecified atom stereocenters. The third-order valence-electron chi connectivity index (χ3n) is 2.26. The highest BCUT2D eigenvalue weighted by molar-refractivity contribution is 9.10. The Kier molecular flexibility index (Phi) is 2.95. The molecule has 2 rings (SSSR count). The van der Waals surface area contributed by atoms with Crippen LogP contribution in [0.25, 0.3) is 10.9 Å². The van der Waals surface area contributed by atoms with Gasteiger partial charge in [0.2, 0.25) is 0 Å². The highest BCUT2D eigenvalue weighted by Gasteiger charge is 2.14. The van der Waals surface area contributed by atoms with Crippen LogP contribution in [0.4, 0.5) is 0 Å². The zero-order chi connectivity index (χ0) is 11.9. The van der Waals surface area contributed by atoms with Crippen molar-refractivity contribution in [2.24, 2.45) is 0 Å². The Morgan fingerprint density at radius 3 is 2.88 bits per heavy atom. The molecule has 0 fully saturated rings. The molecule has 1 aromatic heterocycles. The molecule has 0 saturated carbocycles. The average molecular weight is 303 g/mol. The van der Waals surface area contributed by atoms with Gasteiger partial charge in [-0.15, -0.1) is 0 Å². The van der Waals surface area contributed by atoms with E-state index >= 15 is 0 Å². The van der Waals surface area contributed by atoms with Gasteiger partial charge in [-0.1, -0.05) is 11.6 Å². The number of aromatic amines is 1. The third-order valence-corrected chi connectivity index (χ3v) is 3.51. The van der Waals surface area contributed by atoms with E-state index in [1.54, 1.807) is 6.20 Å². The van der Waals surface area contributed by atoms with Crippen LogP contribution in [0.15, 0.2) is 16.7 Å². The number of fused-ring (bicyclic) bond motifs is 1. The van der Waals surface area contributed by atoms with Gasteiger partial charge in [-0.2, -0.15) is 0 Å². The fraction of sp³-hybridized carbons (Fsp3) is 0.182. The molecule has 2 aromatic rings. The van der Waals surface area contributed by atoms with E-state index in [1.165, 1.54) is 6.92 Å². The lowest BCUT2D eigenvalue weighted by molar-refractivity contribution is -0.131. The van der Waals surface area contributed by atoms with E-state index in [2.05, 4.69) is 20.9 Å². The summed E-state index contributed by atoms with van der Waals surface area (Å²) in [6, 6.07) is 1.92. The molecule has 5 heteroatoms. The molecular weight excluding hydrogens is 293 g/mol. The third kappa shape index (κ3) is 1.83. The normalized spacial score (nSPS) is 10.8. The van der Waals surface area contributed by atoms with Gasteiger partial charge in [0.25, 0.3) is 0 Å². The minimum absolute atomic E-state index is 0.366. The summed E-state index contributed by atoms with van der Waals surface area (Å²) in [5, 5.41) is 1.27. The Morgan fingerprint density at radius 1 is 1.56 bits per heavy atom. The van der Waals surface area contributed by atoms with Crippen molar-refractivity contribution in [1.29, 1.82) is 0 Å². The summed E-state index contributed by atoms with van der Waals surface area (Å²) < 4.78 is 5.87. The first-order chi connectivity index (χ1) is 7.50. The van der Waals surface area contributed by atoms with Crippen molar-refractivity contribution in [2.75, 3.05) is 0 Å². The van der Waals surface area contributed by atoms with Crippen molar-refractivity contribution in [3.05, 3.63) is 27.3 Å². The van der Waals surface area contributed by atoms with Gasteiger partial charge in [-0.3, -0.25) is 4.79 Å². The Labute approximate surface area is 106 Å². The summed E-state index contributed by atoms with van der Waals surface area (Å²) in [7, 11) is 0. The quantitative estimate of drug-likeness (QED) is 0.814. The highest BCUT2D eigenvalue weighted by Crippen LogP contribution is 2.38. The van der Waals surface area contributed by atoms with Gasteiger partial charge in [-0.05, 0) is 34.5 Å². The summed E-state index contributed by atoms with van der Waals surface area (Å²) in [6.45, 7) is 3.31. The zero-order valence-corrected chi connectivity index (χ0v) is 11.1. The minimum Gasteiger partial charge on any atom is -0.424 e. The molecule has 0 atom stereocenters. The molecule has 0 bridgehead atoms. The molecule has 0 aliphatic carbocycles. The maximum atomic E-state index is 10.9. The number of esters is 1. The monoisotopic (exact) mass is 301 g/mol. The maximum absolute atomic E-state index is 10.9. The molecule has 0 amide bonds. The van der Waals surface area contributed by atoms with E-state index in [0.29, 0.717) is 10.8 Å². The number of hydrogen-bond donors (Lipinski definition) is 1. The average Bonchev–Trinajstić information content (AvgIpc) is 2.58. The van der Waals surface area contributed by atoms with Gasteiger partial charge >= 0.3 is 5.97 Å². The SMILES string of the molecule is CC(=O)Oc1c[nH]c2c(C)cc(Br)c(Cl)c12. The molecule has 0 radical (unpaired) electrons. The molecule has 1 aromatic carbocycles. The van der Waals surface area contributed by atoms with Crippen molar-refractivity contribution in [3.8, 4) is 5.75 Å². The smallest absolute Gasteiger partial charge is 0.308 e. The topological polar surface area (TPSA) is 42.1 Å². The summed E-state index contributed by atoms with van der Waals surface area (Å²) in [4.78, 5) is 14.0. The van der Waals surface area contributed by atoms with Crippen LogP contribution in [0.1, 0.15) is 12.5 Å². The van der Waals surface area contributed by atoms with Gasteiger partial charge in [0.05, 0.1) is 15.9 Å². The maximum Gasteiger partial charge on any atom is 0.308 e. The van der Waals surface area contributed by atoms with E-state index in [0.717, 1.165) is 20.9 Å². The first-order valence-electron chi connectivity index (χ1n) is 4.65. The molecule has 3 nitrogen and oxygen atoms in total. The number of benzene rings is 1. The number of ether oxygens (including phenoxy) is 1. The lowest BCUT2D eigenvalue weighted by atomic mass is 10.1. The number of rotatable bonds is 1. The number of aryl methyl sites for hydroxylation is 1. The number of halogens is 2. The van der Waals surface area contributed by atoms with Crippen LogP contribution in [0, 0.1) is 6.92 Å². The van der Waals surface area contributed by atoms with Crippen LogP contribution in [-0.4, -0.2) is 11.0 Å². The Bertz CT molecular complexity index is 577. The van der Waals surface area contributed by atoms with Crippen LogP contribution < -0.4 is 4.74 Å². The Hall–Kier alpha value is -1.000. The predicted octanol–water partition coefficient (Wildman–Crippen LogP) is 3.82. The van der Waals surface area contributed by atoms with Gasteiger partial charge in [0.15, 0.2) is 5.75 Å². The molecule has 16 heavy (non-hydrogen) atoms. The molecule has 0 saturated heterocycles. The predicted molar refractivity (Wildman–Crippen MR) is 67.1 cm³/mol. The van der Waals surface area contributed by atoms with Crippen LogP contribution in [0.5, 0.6) is 5.75 Å².